The van der Waals surface area contributed by atoms with Crippen LogP contribution in [0.3, 0.4) is 0 Å². The third-order valence-electron chi connectivity index (χ3n) is 4.99. The van der Waals surface area contributed by atoms with Crippen molar-refractivity contribution < 1.29 is 9.18 Å². The fourth-order valence-electron chi connectivity index (χ4n) is 3.53. The molecule has 3 aromatic rings. The lowest BCUT2D eigenvalue weighted by molar-refractivity contribution is 0.0626. The lowest BCUT2D eigenvalue weighted by Crippen LogP contribution is -2.48. The van der Waals surface area contributed by atoms with Crippen LogP contribution in [0.15, 0.2) is 53.3 Å². The monoisotopic (exact) mass is 399 g/mol. The number of rotatable bonds is 3. The number of halogens is 2. The lowest BCUT2D eigenvalue weighted by atomic mass is 10.1. The number of aromatic amines is 1. The van der Waals surface area contributed by atoms with Crippen LogP contribution in [-0.2, 0) is 6.54 Å². The highest BCUT2D eigenvalue weighted by atomic mass is 35.5. The van der Waals surface area contributed by atoms with Gasteiger partial charge < -0.3 is 9.88 Å². The smallest absolute Gasteiger partial charge is 0.254 e. The van der Waals surface area contributed by atoms with Crippen LogP contribution in [-0.4, -0.2) is 46.9 Å². The molecule has 2 heterocycles. The summed E-state index contributed by atoms with van der Waals surface area (Å²) in [7, 11) is 0. The van der Waals surface area contributed by atoms with Gasteiger partial charge in [0.25, 0.3) is 5.91 Å². The number of hydrogen-bond acceptors (Lipinski definition) is 3. The molecule has 28 heavy (non-hydrogen) atoms. The minimum atomic E-state index is -0.414. The molecule has 1 saturated heterocycles. The highest BCUT2D eigenvalue weighted by Gasteiger charge is 2.22. The van der Waals surface area contributed by atoms with Crippen molar-refractivity contribution in [2.24, 2.45) is 0 Å². The summed E-state index contributed by atoms with van der Waals surface area (Å²) < 4.78 is 13.4. The second-order valence-corrected chi connectivity index (χ2v) is 7.31. The number of carbonyl (C=O) groups excluding carboxylic acids is 1. The third-order valence-corrected chi connectivity index (χ3v) is 5.31. The number of pyridine rings is 1. The first-order chi connectivity index (χ1) is 13.5. The summed E-state index contributed by atoms with van der Waals surface area (Å²) >= 11 is 6.21. The fraction of sp³-hybridized carbons (Fsp3) is 0.238. The van der Waals surface area contributed by atoms with Crippen LogP contribution in [0.5, 0.6) is 0 Å². The van der Waals surface area contributed by atoms with E-state index in [0.29, 0.717) is 54.2 Å². The molecule has 1 aliphatic heterocycles. The highest BCUT2D eigenvalue weighted by molar-refractivity contribution is 6.35. The Kier molecular flexibility index (Phi) is 5.15. The van der Waals surface area contributed by atoms with Crippen molar-refractivity contribution in [2.75, 3.05) is 26.2 Å². The van der Waals surface area contributed by atoms with Crippen LogP contribution in [0.4, 0.5) is 4.39 Å². The zero-order chi connectivity index (χ0) is 19.7. The van der Waals surface area contributed by atoms with E-state index in [0.717, 1.165) is 5.69 Å². The highest BCUT2D eigenvalue weighted by Crippen LogP contribution is 2.20. The predicted octanol–water partition coefficient (Wildman–Crippen LogP) is 3.28. The summed E-state index contributed by atoms with van der Waals surface area (Å²) in [6, 6.07) is 12.6. The molecule has 4 rings (SSSR count). The predicted molar refractivity (Wildman–Crippen MR) is 107 cm³/mol. The summed E-state index contributed by atoms with van der Waals surface area (Å²) in [4.78, 5) is 32.0. The molecule has 1 N–H and O–H groups in total. The van der Waals surface area contributed by atoms with Crippen molar-refractivity contribution in [3.63, 3.8) is 0 Å². The molecule has 0 bridgehead atoms. The Labute approximate surface area is 166 Å². The first-order valence-corrected chi connectivity index (χ1v) is 9.47. The molecule has 5 nitrogen and oxygen atoms in total. The van der Waals surface area contributed by atoms with E-state index >= 15 is 0 Å². The second kappa shape index (κ2) is 7.73. The van der Waals surface area contributed by atoms with E-state index in [9.17, 15) is 14.0 Å². The van der Waals surface area contributed by atoms with E-state index in [-0.39, 0.29) is 11.3 Å². The van der Waals surface area contributed by atoms with Gasteiger partial charge in [-0.25, -0.2) is 4.39 Å². The molecule has 1 amide bonds. The van der Waals surface area contributed by atoms with Crippen LogP contribution in [0, 0.1) is 5.82 Å². The molecule has 2 aromatic carbocycles. The lowest BCUT2D eigenvalue weighted by Gasteiger charge is -2.34. The maximum absolute atomic E-state index is 13.4. The van der Waals surface area contributed by atoms with Gasteiger partial charge in [0.15, 0.2) is 5.43 Å². The molecule has 0 aliphatic carbocycles. The van der Waals surface area contributed by atoms with E-state index in [1.54, 1.807) is 41.3 Å². The van der Waals surface area contributed by atoms with Crippen molar-refractivity contribution in [3.8, 4) is 0 Å². The quantitative estimate of drug-likeness (QED) is 0.735. The number of hydrogen-bond donors (Lipinski definition) is 1. The average Bonchev–Trinajstić information content (AvgIpc) is 2.69. The molecule has 1 aromatic heterocycles. The van der Waals surface area contributed by atoms with Gasteiger partial charge in [-0.1, -0.05) is 23.7 Å². The largest absolute Gasteiger partial charge is 0.356 e. The summed E-state index contributed by atoms with van der Waals surface area (Å²) in [5.41, 5.74) is 1.73. The first kappa shape index (κ1) is 18.7. The van der Waals surface area contributed by atoms with Gasteiger partial charge in [0.2, 0.25) is 0 Å². The molecule has 0 saturated carbocycles. The van der Waals surface area contributed by atoms with Crippen LogP contribution in [0.1, 0.15) is 16.1 Å². The number of aromatic nitrogens is 1. The van der Waals surface area contributed by atoms with E-state index < -0.39 is 5.82 Å². The molecule has 1 aliphatic rings. The third kappa shape index (κ3) is 3.79. The van der Waals surface area contributed by atoms with Crippen molar-refractivity contribution >= 4 is 28.4 Å². The molecule has 0 atom stereocenters. The maximum Gasteiger partial charge on any atom is 0.254 e. The van der Waals surface area contributed by atoms with Crippen molar-refractivity contribution in [1.82, 2.24) is 14.8 Å². The number of H-pyrrole nitrogens is 1. The zero-order valence-electron chi connectivity index (χ0n) is 15.1. The average molecular weight is 400 g/mol. The van der Waals surface area contributed by atoms with Gasteiger partial charge in [0, 0.05) is 55.4 Å². The van der Waals surface area contributed by atoms with E-state index in [1.165, 1.54) is 12.1 Å². The minimum Gasteiger partial charge on any atom is -0.356 e. The Balaban J connectivity index is 1.43. The Morgan fingerprint density at radius 1 is 1.07 bits per heavy atom. The number of nitrogens with zero attached hydrogens (tertiary/aromatic N) is 2. The van der Waals surface area contributed by atoms with E-state index in [4.69, 9.17) is 11.6 Å². The second-order valence-electron chi connectivity index (χ2n) is 6.90. The van der Waals surface area contributed by atoms with Crippen LogP contribution in [0.2, 0.25) is 5.02 Å². The molecule has 1 fully saturated rings. The standard InChI is InChI=1S/C21H19ClFN3O2/c22-18-6-2-5-17-19(27)12-16(24-20(17)18)13-25-7-9-26(10-8-25)21(28)14-3-1-4-15(23)11-14/h1-6,11-12H,7-10,13H2,(H,24,27). The number of nitrogens with one attached hydrogen (secondary N) is 1. The van der Waals surface area contributed by atoms with Gasteiger partial charge in [-0.2, -0.15) is 0 Å². The summed E-state index contributed by atoms with van der Waals surface area (Å²) in [6.07, 6.45) is 0. The topological polar surface area (TPSA) is 56.4 Å². The Morgan fingerprint density at radius 3 is 2.57 bits per heavy atom. The zero-order valence-corrected chi connectivity index (χ0v) is 15.9. The number of carbonyl (C=O) groups is 1. The van der Waals surface area contributed by atoms with Crippen molar-refractivity contribution in [3.05, 3.63) is 80.9 Å². The van der Waals surface area contributed by atoms with Gasteiger partial charge in [-0.05, 0) is 30.3 Å². The number of para-hydroxylation sites is 1. The van der Waals surface area contributed by atoms with Crippen LogP contribution >= 0.6 is 11.6 Å². The Morgan fingerprint density at radius 2 is 1.82 bits per heavy atom. The normalized spacial score (nSPS) is 15.1. The van der Waals surface area contributed by atoms with Crippen molar-refractivity contribution in [2.45, 2.75) is 6.54 Å². The molecular weight excluding hydrogens is 381 g/mol. The van der Waals surface area contributed by atoms with Crippen molar-refractivity contribution in [1.29, 1.82) is 0 Å². The fourth-order valence-corrected chi connectivity index (χ4v) is 3.75. The summed E-state index contributed by atoms with van der Waals surface area (Å²) in [5.74, 6) is -0.576. The Bertz CT molecular complexity index is 1090. The SMILES string of the molecule is O=C(c1cccc(F)c1)N1CCN(Cc2cc(=O)c3cccc(Cl)c3[nH]2)CC1. The van der Waals surface area contributed by atoms with E-state index in [1.807, 2.05) is 0 Å². The number of piperazine rings is 1. The number of fused-ring (bicyclic) bond motifs is 1. The Hall–Kier alpha value is -2.70. The molecular formula is C21H19ClFN3O2. The molecule has 7 heteroatoms. The number of benzene rings is 2. The van der Waals surface area contributed by atoms with Crippen LogP contribution in [0.25, 0.3) is 10.9 Å². The summed E-state index contributed by atoms with van der Waals surface area (Å²) in [5, 5.41) is 1.09. The van der Waals surface area contributed by atoms with Crippen LogP contribution < -0.4 is 5.43 Å². The first-order valence-electron chi connectivity index (χ1n) is 9.09. The van der Waals surface area contributed by atoms with Gasteiger partial charge in [-0.15, -0.1) is 0 Å². The minimum absolute atomic E-state index is 0.0637. The van der Waals surface area contributed by atoms with Gasteiger partial charge in [-0.3, -0.25) is 14.5 Å². The molecule has 144 valence electrons. The van der Waals surface area contributed by atoms with Gasteiger partial charge in [0.05, 0.1) is 10.5 Å². The van der Waals surface area contributed by atoms with E-state index in [2.05, 4.69) is 9.88 Å². The molecule has 0 spiro atoms. The van der Waals surface area contributed by atoms with Gasteiger partial charge in [0.1, 0.15) is 5.82 Å². The molecule has 0 unspecified atom stereocenters. The maximum atomic E-state index is 13.4. The summed E-state index contributed by atoms with van der Waals surface area (Å²) in [6.45, 7) is 3.01. The molecule has 0 radical (unpaired) electrons. The van der Waals surface area contributed by atoms with Gasteiger partial charge >= 0.3 is 0 Å². The number of amides is 1.